The van der Waals surface area contributed by atoms with Gasteiger partial charge in [0.05, 0.1) is 12.0 Å². The Hall–Kier alpha value is -2.18. The predicted molar refractivity (Wildman–Crippen MR) is 103 cm³/mol. The molecule has 2 aromatic heterocycles. The zero-order valence-corrected chi connectivity index (χ0v) is 16.0. The maximum atomic E-state index is 5.98. The van der Waals surface area contributed by atoms with E-state index in [1.807, 2.05) is 12.1 Å². The lowest BCUT2D eigenvalue weighted by Crippen LogP contribution is -2.32. The average Bonchev–Trinajstić information content (AvgIpc) is 3.32. The molecule has 0 bridgehead atoms. The average molecular weight is 369 g/mol. The number of rotatable bonds is 5. The van der Waals surface area contributed by atoms with E-state index < -0.39 is 0 Å². The number of benzene rings is 1. The molecule has 136 valence electrons. The maximum Gasteiger partial charge on any atom is 0.258 e. The second-order valence-corrected chi connectivity index (χ2v) is 7.69. The van der Waals surface area contributed by atoms with Gasteiger partial charge in [-0.1, -0.05) is 12.1 Å². The van der Waals surface area contributed by atoms with Crippen LogP contribution < -0.4 is 4.74 Å². The molecule has 0 saturated carbocycles. The van der Waals surface area contributed by atoms with Gasteiger partial charge in [0.15, 0.2) is 0 Å². The van der Waals surface area contributed by atoms with Crippen LogP contribution in [-0.4, -0.2) is 35.3 Å². The molecule has 0 aliphatic carbocycles. The molecule has 0 unspecified atom stereocenters. The number of aryl methyl sites for hydroxylation is 1. The molecule has 0 atom stereocenters. The highest BCUT2D eigenvalue weighted by Gasteiger charge is 2.25. The molecule has 0 spiro atoms. The zero-order valence-electron chi connectivity index (χ0n) is 15.1. The molecule has 1 fully saturated rings. The van der Waals surface area contributed by atoms with Crippen molar-refractivity contribution in [1.29, 1.82) is 0 Å². The van der Waals surface area contributed by atoms with Gasteiger partial charge in [-0.15, -0.1) is 21.5 Å². The number of methoxy groups -OCH3 is 1. The zero-order chi connectivity index (χ0) is 17.9. The number of hydrogen-bond donors (Lipinski definition) is 0. The summed E-state index contributed by atoms with van der Waals surface area (Å²) in [6.45, 7) is 5.15. The molecule has 3 heterocycles. The van der Waals surface area contributed by atoms with Gasteiger partial charge >= 0.3 is 0 Å². The molecule has 1 aromatic carbocycles. The van der Waals surface area contributed by atoms with Crippen molar-refractivity contribution in [3.8, 4) is 16.5 Å². The highest BCUT2D eigenvalue weighted by molar-refractivity contribution is 7.13. The van der Waals surface area contributed by atoms with Crippen LogP contribution in [0.5, 0.6) is 5.75 Å². The minimum Gasteiger partial charge on any atom is -0.497 e. The third-order valence-electron chi connectivity index (χ3n) is 5.00. The highest BCUT2D eigenvalue weighted by atomic mass is 32.1. The van der Waals surface area contributed by atoms with Crippen LogP contribution >= 0.6 is 11.3 Å². The molecule has 1 saturated heterocycles. The Bertz CT molecular complexity index is 848. The van der Waals surface area contributed by atoms with Crippen LogP contribution in [0, 0.1) is 6.92 Å². The molecule has 0 amide bonds. The number of likely N-dealkylation sites (tertiary alicyclic amines) is 1. The van der Waals surface area contributed by atoms with Crippen molar-refractivity contribution in [2.75, 3.05) is 20.2 Å². The van der Waals surface area contributed by atoms with Gasteiger partial charge in [-0.25, -0.2) is 0 Å². The standard InChI is InChI=1S/C20H23N3O2S/c1-14-9-12-26-18(14)20-22-21-19(25-20)16-7-10-23(11-8-16)13-15-3-5-17(24-2)6-4-15/h3-6,9,12,16H,7-8,10-11,13H2,1-2H3. The summed E-state index contributed by atoms with van der Waals surface area (Å²) in [5.74, 6) is 2.72. The Morgan fingerprint density at radius 1 is 1.15 bits per heavy atom. The van der Waals surface area contributed by atoms with E-state index in [1.165, 1.54) is 11.1 Å². The van der Waals surface area contributed by atoms with E-state index in [1.54, 1.807) is 18.4 Å². The number of thiophene rings is 1. The van der Waals surface area contributed by atoms with Gasteiger partial charge in [0, 0.05) is 12.5 Å². The maximum absolute atomic E-state index is 5.98. The van der Waals surface area contributed by atoms with Crippen LogP contribution in [-0.2, 0) is 6.54 Å². The van der Waals surface area contributed by atoms with Crippen molar-refractivity contribution in [2.24, 2.45) is 0 Å². The first-order valence-corrected chi connectivity index (χ1v) is 9.84. The van der Waals surface area contributed by atoms with E-state index in [0.717, 1.165) is 49.0 Å². The van der Waals surface area contributed by atoms with Crippen LogP contribution in [0.3, 0.4) is 0 Å². The van der Waals surface area contributed by atoms with Gasteiger partial charge in [0.2, 0.25) is 5.89 Å². The first-order chi connectivity index (χ1) is 12.7. The molecule has 0 N–H and O–H groups in total. The topological polar surface area (TPSA) is 51.4 Å². The van der Waals surface area contributed by atoms with Gasteiger partial charge in [0.25, 0.3) is 5.89 Å². The van der Waals surface area contributed by atoms with Crippen LogP contribution in [0.15, 0.2) is 40.1 Å². The Morgan fingerprint density at radius 3 is 2.58 bits per heavy atom. The van der Waals surface area contributed by atoms with Gasteiger partial charge in [0.1, 0.15) is 5.75 Å². The number of piperidine rings is 1. The van der Waals surface area contributed by atoms with Gasteiger partial charge in [-0.3, -0.25) is 4.90 Å². The summed E-state index contributed by atoms with van der Waals surface area (Å²) in [4.78, 5) is 3.57. The normalized spacial score (nSPS) is 16.1. The molecule has 4 rings (SSSR count). The van der Waals surface area contributed by atoms with E-state index in [0.29, 0.717) is 11.8 Å². The van der Waals surface area contributed by atoms with E-state index in [2.05, 4.69) is 45.6 Å². The first kappa shape index (κ1) is 17.2. The lowest BCUT2D eigenvalue weighted by molar-refractivity contribution is 0.193. The summed E-state index contributed by atoms with van der Waals surface area (Å²) in [5, 5.41) is 10.7. The quantitative estimate of drug-likeness (QED) is 0.663. The van der Waals surface area contributed by atoms with Gasteiger partial charge in [-0.2, -0.15) is 0 Å². The molecule has 5 nitrogen and oxygen atoms in total. The fraction of sp³-hybridized carbons (Fsp3) is 0.400. The third kappa shape index (κ3) is 3.66. The summed E-state index contributed by atoms with van der Waals surface area (Å²) in [5.41, 5.74) is 2.51. The molecule has 6 heteroatoms. The Balaban J connectivity index is 1.35. The molecule has 3 aromatic rings. The summed E-state index contributed by atoms with van der Waals surface area (Å²) in [7, 11) is 1.70. The number of ether oxygens (including phenoxy) is 1. The van der Waals surface area contributed by atoms with Crippen molar-refractivity contribution in [2.45, 2.75) is 32.2 Å². The van der Waals surface area contributed by atoms with E-state index >= 15 is 0 Å². The molecule has 0 radical (unpaired) electrons. The van der Waals surface area contributed by atoms with Gasteiger partial charge in [-0.05, 0) is 67.6 Å². The van der Waals surface area contributed by atoms with Crippen molar-refractivity contribution < 1.29 is 9.15 Å². The molecular formula is C20H23N3O2S. The smallest absolute Gasteiger partial charge is 0.258 e. The van der Waals surface area contributed by atoms with Crippen molar-refractivity contribution >= 4 is 11.3 Å². The minimum absolute atomic E-state index is 0.364. The number of nitrogens with zero attached hydrogens (tertiary/aromatic N) is 3. The van der Waals surface area contributed by atoms with Crippen molar-refractivity contribution in [3.63, 3.8) is 0 Å². The summed E-state index contributed by atoms with van der Waals surface area (Å²) in [6, 6.07) is 10.4. The predicted octanol–water partition coefficient (Wildman–Crippen LogP) is 4.49. The second-order valence-electron chi connectivity index (χ2n) is 6.78. The number of hydrogen-bond acceptors (Lipinski definition) is 6. The monoisotopic (exact) mass is 369 g/mol. The fourth-order valence-electron chi connectivity index (χ4n) is 3.41. The van der Waals surface area contributed by atoms with E-state index in [4.69, 9.17) is 9.15 Å². The SMILES string of the molecule is COc1ccc(CN2CCC(c3nnc(-c4sccc4C)o3)CC2)cc1. The van der Waals surface area contributed by atoms with Gasteiger partial charge < -0.3 is 9.15 Å². The summed E-state index contributed by atoms with van der Waals surface area (Å²) < 4.78 is 11.2. The van der Waals surface area contributed by atoms with Crippen LogP contribution in [0.4, 0.5) is 0 Å². The Morgan fingerprint density at radius 2 is 1.92 bits per heavy atom. The second kappa shape index (κ2) is 7.60. The Kier molecular flexibility index (Phi) is 5.04. The third-order valence-corrected chi connectivity index (χ3v) is 6.00. The summed E-state index contributed by atoms with van der Waals surface area (Å²) >= 11 is 1.65. The lowest BCUT2D eigenvalue weighted by Gasteiger charge is -2.30. The molecule has 1 aliphatic rings. The van der Waals surface area contributed by atoms with E-state index in [-0.39, 0.29) is 0 Å². The van der Waals surface area contributed by atoms with Crippen LogP contribution in [0.25, 0.3) is 10.8 Å². The first-order valence-electron chi connectivity index (χ1n) is 8.96. The molecule has 1 aliphatic heterocycles. The molecule has 26 heavy (non-hydrogen) atoms. The highest BCUT2D eigenvalue weighted by Crippen LogP contribution is 2.32. The number of aromatic nitrogens is 2. The van der Waals surface area contributed by atoms with Crippen molar-refractivity contribution in [3.05, 3.63) is 52.7 Å². The fourth-order valence-corrected chi connectivity index (χ4v) is 4.26. The Labute approximate surface area is 157 Å². The minimum atomic E-state index is 0.364. The largest absolute Gasteiger partial charge is 0.497 e. The van der Waals surface area contributed by atoms with Crippen LogP contribution in [0.1, 0.15) is 35.8 Å². The molecular weight excluding hydrogens is 346 g/mol. The van der Waals surface area contributed by atoms with Crippen molar-refractivity contribution in [1.82, 2.24) is 15.1 Å². The van der Waals surface area contributed by atoms with Crippen LogP contribution in [0.2, 0.25) is 0 Å². The van der Waals surface area contributed by atoms with E-state index in [9.17, 15) is 0 Å². The summed E-state index contributed by atoms with van der Waals surface area (Å²) in [6.07, 6.45) is 2.11. The lowest BCUT2D eigenvalue weighted by atomic mass is 9.96.